The Labute approximate surface area is 180 Å². The lowest BCUT2D eigenvalue weighted by Gasteiger charge is -2.30. The number of carbonyl (C=O) groups excluding carboxylic acids is 2. The van der Waals surface area contributed by atoms with Crippen LogP contribution in [0.1, 0.15) is 18.5 Å². The Morgan fingerprint density at radius 3 is 2.65 bits per heavy atom. The maximum atomic E-state index is 12.3. The average molecular weight is 458 g/mol. The fraction of sp³-hybridized carbons (Fsp3) is 0.450. The van der Waals surface area contributed by atoms with E-state index >= 15 is 0 Å². The van der Waals surface area contributed by atoms with Gasteiger partial charge in [-0.2, -0.15) is 13.2 Å². The van der Waals surface area contributed by atoms with Gasteiger partial charge in [0.05, 0.1) is 18.7 Å². The number of aromatic nitrogens is 1. The maximum Gasteiger partial charge on any atom is 0.422 e. The minimum Gasteiger partial charge on any atom is -0.497 e. The lowest BCUT2D eigenvalue weighted by atomic mass is 9.97. The summed E-state index contributed by atoms with van der Waals surface area (Å²) in [7, 11) is 1.59. The third-order valence-corrected chi connectivity index (χ3v) is 5.62. The largest absolute Gasteiger partial charge is 0.497 e. The Hall–Kier alpha value is -2.82. The molecule has 0 atom stereocenters. The smallest absolute Gasteiger partial charge is 0.422 e. The van der Waals surface area contributed by atoms with Crippen LogP contribution in [0.2, 0.25) is 0 Å². The Morgan fingerprint density at radius 1 is 1.23 bits per heavy atom. The van der Waals surface area contributed by atoms with Crippen molar-refractivity contribution >= 4 is 23.4 Å². The standard InChI is InChI=1S/C20H21F3N2O5S/c1-28-16-4-2-3-14(9-16)17-24-15(11-31-17)10-29-18(26)13-5-7-25(8-6-13)19(27)30-12-20(21,22)23/h2-4,9,11,13H,5-8,10,12H2,1H3. The second-order valence-electron chi connectivity index (χ2n) is 6.91. The summed E-state index contributed by atoms with van der Waals surface area (Å²) < 4.78 is 51.2. The van der Waals surface area contributed by atoms with Crippen LogP contribution in [0.25, 0.3) is 10.6 Å². The molecule has 31 heavy (non-hydrogen) atoms. The molecule has 1 aromatic heterocycles. The highest BCUT2D eigenvalue weighted by Crippen LogP contribution is 2.27. The van der Waals surface area contributed by atoms with Gasteiger partial charge in [-0.15, -0.1) is 11.3 Å². The first-order valence-electron chi connectivity index (χ1n) is 9.49. The molecule has 0 unspecified atom stereocenters. The van der Waals surface area contributed by atoms with E-state index in [9.17, 15) is 22.8 Å². The number of nitrogens with zero attached hydrogens (tertiary/aromatic N) is 2. The van der Waals surface area contributed by atoms with E-state index < -0.39 is 30.8 Å². The summed E-state index contributed by atoms with van der Waals surface area (Å²) in [6.45, 7) is -1.34. The zero-order valence-electron chi connectivity index (χ0n) is 16.7. The monoisotopic (exact) mass is 458 g/mol. The molecule has 0 saturated carbocycles. The first-order valence-corrected chi connectivity index (χ1v) is 10.4. The van der Waals surface area contributed by atoms with E-state index in [4.69, 9.17) is 9.47 Å². The predicted octanol–water partition coefficient (Wildman–Crippen LogP) is 4.27. The van der Waals surface area contributed by atoms with Crippen LogP contribution in [0.3, 0.4) is 0 Å². The molecule has 7 nitrogen and oxygen atoms in total. The van der Waals surface area contributed by atoms with Crippen molar-refractivity contribution in [3.8, 4) is 16.3 Å². The number of hydrogen-bond acceptors (Lipinski definition) is 7. The summed E-state index contributed by atoms with van der Waals surface area (Å²) >= 11 is 1.42. The van der Waals surface area contributed by atoms with Crippen molar-refractivity contribution in [1.29, 1.82) is 0 Å². The number of likely N-dealkylation sites (tertiary alicyclic amines) is 1. The van der Waals surface area contributed by atoms with E-state index in [1.165, 1.54) is 11.3 Å². The van der Waals surface area contributed by atoms with Crippen LogP contribution >= 0.6 is 11.3 Å². The number of amides is 1. The zero-order chi connectivity index (χ0) is 22.4. The van der Waals surface area contributed by atoms with Gasteiger partial charge in [0, 0.05) is 24.0 Å². The van der Waals surface area contributed by atoms with Crippen molar-refractivity contribution in [3.63, 3.8) is 0 Å². The molecule has 11 heteroatoms. The van der Waals surface area contributed by atoms with Crippen molar-refractivity contribution in [3.05, 3.63) is 35.3 Å². The molecule has 0 spiro atoms. The van der Waals surface area contributed by atoms with Crippen molar-refractivity contribution in [2.24, 2.45) is 5.92 Å². The molecule has 1 fully saturated rings. The molecular formula is C20H21F3N2O5S. The molecule has 0 N–H and O–H groups in total. The summed E-state index contributed by atoms with van der Waals surface area (Å²) in [6, 6.07) is 7.47. The Morgan fingerprint density at radius 2 is 1.97 bits per heavy atom. The number of rotatable bonds is 6. The van der Waals surface area contributed by atoms with Gasteiger partial charge in [-0.05, 0) is 25.0 Å². The first-order chi connectivity index (χ1) is 14.7. The van der Waals surface area contributed by atoms with Gasteiger partial charge in [-0.1, -0.05) is 12.1 Å². The van der Waals surface area contributed by atoms with Crippen molar-refractivity contribution in [2.45, 2.75) is 25.6 Å². The molecule has 1 saturated heterocycles. The number of carbonyl (C=O) groups is 2. The lowest BCUT2D eigenvalue weighted by Crippen LogP contribution is -2.41. The molecule has 1 amide bonds. The molecule has 1 aliphatic heterocycles. The van der Waals surface area contributed by atoms with Gasteiger partial charge in [0.2, 0.25) is 0 Å². The average Bonchev–Trinajstić information content (AvgIpc) is 3.24. The zero-order valence-corrected chi connectivity index (χ0v) is 17.5. The predicted molar refractivity (Wildman–Crippen MR) is 106 cm³/mol. The molecule has 1 aliphatic rings. The fourth-order valence-electron chi connectivity index (χ4n) is 3.06. The number of thiazole rings is 1. The van der Waals surface area contributed by atoms with Crippen LogP contribution in [0, 0.1) is 5.92 Å². The van der Waals surface area contributed by atoms with Gasteiger partial charge in [0.1, 0.15) is 17.4 Å². The quantitative estimate of drug-likeness (QED) is 0.602. The summed E-state index contributed by atoms with van der Waals surface area (Å²) in [5.74, 6) is -0.128. The Kier molecular flexibility index (Phi) is 7.37. The van der Waals surface area contributed by atoms with Crippen LogP contribution in [0.4, 0.5) is 18.0 Å². The molecule has 0 aliphatic carbocycles. The minimum atomic E-state index is -4.57. The summed E-state index contributed by atoms with van der Waals surface area (Å²) in [5, 5.41) is 2.58. The topological polar surface area (TPSA) is 78.0 Å². The number of halogens is 3. The minimum absolute atomic E-state index is 0.0210. The van der Waals surface area contributed by atoms with Crippen molar-refractivity contribution in [2.75, 3.05) is 26.8 Å². The number of hydrogen-bond donors (Lipinski definition) is 0. The molecule has 2 heterocycles. The molecular weight excluding hydrogens is 437 g/mol. The molecule has 0 bridgehead atoms. The molecule has 2 aromatic rings. The highest BCUT2D eigenvalue weighted by Gasteiger charge is 2.33. The van der Waals surface area contributed by atoms with Crippen molar-refractivity contribution < 1.29 is 37.0 Å². The molecule has 1 aromatic carbocycles. The number of piperidine rings is 1. The van der Waals surface area contributed by atoms with E-state index in [2.05, 4.69) is 9.72 Å². The Bertz CT molecular complexity index is 910. The Balaban J connectivity index is 1.45. The van der Waals surface area contributed by atoms with E-state index in [1.54, 1.807) is 12.5 Å². The molecule has 0 radical (unpaired) electrons. The second kappa shape index (κ2) is 9.99. The third-order valence-electron chi connectivity index (χ3n) is 4.68. The summed E-state index contributed by atoms with van der Waals surface area (Å²) in [4.78, 5) is 29.6. The summed E-state index contributed by atoms with van der Waals surface area (Å²) in [5.41, 5.74) is 1.51. The van der Waals surface area contributed by atoms with E-state index in [-0.39, 0.29) is 19.7 Å². The lowest BCUT2D eigenvalue weighted by molar-refractivity contribution is -0.163. The van der Waals surface area contributed by atoms with Gasteiger partial charge in [0.15, 0.2) is 6.61 Å². The van der Waals surface area contributed by atoms with Crippen LogP contribution in [-0.2, 0) is 20.9 Å². The SMILES string of the molecule is COc1cccc(-c2nc(COC(=O)C3CCN(C(=O)OCC(F)(F)F)CC3)cs2)c1. The van der Waals surface area contributed by atoms with E-state index in [1.807, 2.05) is 24.3 Å². The van der Waals surface area contributed by atoms with Crippen LogP contribution < -0.4 is 4.74 Å². The highest BCUT2D eigenvalue weighted by atomic mass is 32.1. The molecule has 168 valence electrons. The van der Waals surface area contributed by atoms with Gasteiger partial charge in [0.25, 0.3) is 0 Å². The summed E-state index contributed by atoms with van der Waals surface area (Å²) in [6.07, 6.45) is -5.00. The fourth-order valence-corrected chi connectivity index (χ4v) is 3.86. The number of alkyl halides is 3. The van der Waals surface area contributed by atoms with Crippen LogP contribution in [0.15, 0.2) is 29.6 Å². The normalized spacial score (nSPS) is 14.9. The number of methoxy groups -OCH3 is 1. The first kappa shape index (κ1) is 22.9. The van der Waals surface area contributed by atoms with Gasteiger partial charge >= 0.3 is 18.2 Å². The van der Waals surface area contributed by atoms with Gasteiger partial charge in [-0.3, -0.25) is 4.79 Å². The number of benzene rings is 1. The highest BCUT2D eigenvalue weighted by molar-refractivity contribution is 7.13. The van der Waals surface area contributed by atoms with E-state index in [0.29, 0.717) is 24.3 Å². The van der Waals surface area contributed by atoms with E-state index in [0.717, 1.165) is 15.5 Å². The second-order valence-corrected chi connectivity index (χ2v) is 7.77. The maximum absolute atomic E-state index is 12.3. The van der Waals surface area contributed by atoms with Crippen molar-refractivity contribution in [1.82, 2.24) is 9.88 Å². The van der Waals surface area contributed by atoms with Gasteiger partial charge in [-0.25, -0.2) is 9.78 Å². The number of ether oxygens (including phenoxy) is 3. The van der Waals surface area contributed by atoms with Gasteiger partial charge < -0.3 is 19.1 Å². The third kappa shape index (κ3) is 6.58. The number of esters is 1. The van der Waals surface area contributed by atoms with Crippen LogP contribution in [0.5, 0.6) is 5.75 Å². The molecule has 3 rings (SSSR count). The van der Waals surface area contributed by atoms with Crippen LogP contribution in [-0.4, -0.2) is 54.9 Å².